The summed E-state index contributed by atoms with van der Waals surface area (Å²) in [5.41, 5.74) is 0.533. The zero-order chi connectivity index (χ0) is 20.9. The Hall–Kier alpha value is -1.64. The largest absolute Gasteiger partial charge is 0.377 e. The van der Waals surface area contributed by atoms with Gasteiger partial charge < -0.3 is 5.11 Å². The third kappa shape index (κ3) is 3.24. The summed E-state index contributed by atoms with van der Waals surface area (Å²) >= 11 is 5.59. The average molecular weight is 428 g/mol. The number of nitrogens with zero attached hydrogens (tertiary/aromatic N) is 3. The number of allylic oxidation sites excluding steroid dienone is 1. The fourth-order valence-corrected chi connectivity index (χ4v) is 7.77. The van der Waals surface area contributed by atoms with E-state index in [-0.39, 0.29) is 11.3 Å². The maximum Gasteiger partial charge on any atom is 0.159 e. The minimum atomic E-state index is -0.953. The number of Topliss-reactive ketones (excluding diaryl/α,β-unsaturated/α-hetero) is 1. The number of aromatic nitrogens is 3. The molecule has 0 amide bonds. The van der Waals surface area contributed by atoms with E-state index >= 15 is 0 Å². The van der Waals surface area contributed by atoms with Crippen molar-refractivity contribution < 1.29 is 9.90 Å². The van der Waals surface area contributed by atoms with Crippen molar-refractivity contribution in [3.8, 4) is 11.3 Å². The molecule has 0 aromatic carbocycles. The topological polar surface area (TPSA) is 68.0 Å². The van der Waals surface area contributed by atoms with Gasteiger partial charge in [-0.05, 0) is 85.6 Å². The number of fused-ring (bicyclic) bond motifs is 5. The van der Waals surface area contributed by atoms with Crippen LogP contribution in [0.2, 0.25) is 0 Å². The first kappa shape index (κ1) is 20.3. The van der Waals surface area contributed by atoms with Gasteiger partial charge in [-0.25, -0.2) is 0 Å². The van der Waals surface area contributed by atoms with Gasteiger partial charge in [-0.2, -0.15) is 15.0 Å². The minimum Gasteiger partial charge on any atom is -0.377 e. The molecule has 0 radical (unpaired) electrons. The lowest BCUT2D eigenvalue weighted by Gasteiger charge is -2.54. The fourth-order valence-electron chi connectivity index (χ4n) is 7.59. The van der Waals surface area contributed by atoms with Crippen LogP contribution in [0.15, 0.2) is 24.0 Å². The normalized spacial score (nSPS) is 42.2. The SMILES string of the molecule is C[C@]12CC[C@H]3[C@@H](CC=C4C[C@](O)(C#CCl)CC[C@@H]43)[C@@H]1CC[C@@H]2C(=O)Cn1nccn1. The van der Waals surface area contributed by atoms with Gasteiger partial charge in [0.1, 0.15) is 12.1 Å². The molecule has 1 heterocycles. The maximum atomic E-state index is 13.1. The molecule has 7 atom stereocenters. The van der Waals surface area contributed by atoms with Crippen molar-refractivity contribution in [2.75, 3.05) is 0 Å². The predicted octanol–water partition coefficient (Wildman–Crippen LogP) is 3.97. The second kappa shape index (κ2) is 7.50. The average Bonchev–Trinajstić information content (AvgIpc) is 3.34. The molecule has 5 nitrogen and oxygen atoms in total. The molecule has 0 spiro atoms. The standard InChI is InChI=1S/C24H30ClN3O2/c1-23-8-6-18-17-7-9-24(30,10-11-25)14-16(17)2-3-19(18)20(23)4-5-21(23)22(29)15-28-26-12-13-27-28/h2,12-13,17-21,30H,3-9,14-15H2,1H3/t17-,18+,19+,20-,21+,23-,24+/m0/s1. The zero-order valence-electron chi connectivity index (χ0n) is 17.6. The lowest BCUT2D eigenvalue weighted by molar-refractivity contribution is -0.130. The van der Waals surface area contributed by atoms with Gasteiger partial charge in [-0.3, -0.25) is 4.79 Å². The van der Waals surface area contributed by atoms with Gasteiger partial charge in [-0.15, -0.1) is 0 Å². The van der Waals surface area contributed by atoms with E-state index in [0.29, 0.717) is 48.8 Å². The molecule has 160 valence electrons. The number of ketones is 1. The van der Waals surface area contributed by atoms with E-state index in [4.69, 9.17) is 11.6 Å². The molecule has 1 N–H and O–H groups in total. The highest BCUT2D eigenvalue weighted by molar-refractivity contribution is 6.30. The number of hydrogen-bond acceptors (Lipinski definition) is 4. The highest BCUT2D eigenvalue weighted by Gasteiger charge is 2.57. The second-order valence-corrected chi connectivity index (χ2v) is 10.4. The Labute approximate surface area is 183 Å². The lowest BCUT2D eigenvalue weighted by Crippen LogP contribution is -2.48. The van der Waals surface area contributed by atoms with Crippen LogP contribution in [0.3, 0.4) is 0 Å². The Morgan fingerprint density at radius 2 is 2.03 bits per heavy atom. The van der Waals surface area contributed by atoms with Gasteiger partial charge >= 0.3 is 0 Å². The maximum absolute atomic E-state index is 13.1. The molecule has 6 heteroatoms. The van der Waals surface area contributed by atoms with Gasteiger partial charge in [-0.1, -0.05) is 24.5 Å². The first-order valence-electron chi connectivity index (χ1n) is 11.3. The summed E-state index contributed by atoms with van der Waals surface area (Å²) in [6, 6.07) is 0. The summed E-state index contributed by atoms with van der Waals surface area (Å²) in [4.78, 5) is 14.7. The summed E-state index contributed by atoms with van der Waals surface area (Å²) in [5.74, 6) is 5.75. The molecule has 4 aliphatic rings. The molecular weight excluding hydrogens is 398 g/mol. The smallest absolute Gasteiger partial charge is 0.159 e. The molecule has 1 aromatic rings. The van der Waals surface area contributed by atoms with Crippen LogP contribution in [-0.2, 0) is 11.3 Å². The number of rotatable bonds is 3. The van der Waals surface area contributed by atoms with Gasteiger partial charge in [0, 0.05) is 17.7 Å². The van der Waals surface area contributed by atoms with Crippen molar-refractivity contribution in [2.24, 2.45) is 35.0 Å². The van der Waals surface area contributed by atoms with E-state index < -0.39 is 5.60 Å². The third-order valence-corrected chi connectivity index (χ3v) is 9.03. The Morgan fingerprint density at radius 3 is 2.80 bits per heavy atom. The van der Waals surface area contributed by atoms with Crippen molar-refractivity contribution in [1.29, 1.82) is 0 Å². The van der Waals surface area contributed by atoms with Crippen molar-refractivity contribution in [2.45, 2.75) is 70.4 Å². The number of aliphatic hydroxyl groups is 1. The monoisotopic (exact) mass is 427 g/mol. The molecule has 4 aliphatic carbocycles. The molecule has 0 saturated heterocycles. The molecule has 0 bridgehead atoms. The van der Waals surface area contributed by atoms with E-state index in [0.717, 1.165) is 32.1 Å². The van der Waals surface area contributed by atoms with Crippen molar-refractivity contribution >= 4 is 17.4 Å². The van der Waals surface area contributed by atoms with Crippen molar-refractivity contribution in [1.82, 2.24) is 15.0 Å². The van der Waals surface area contributed by atoms with Gasteiger partial charge in [0.15, 0.2) is 5.78 Å². The summed E-state index contributed by atoms with van der Waals surface area (Å²) in [6.07, 6.45) is 13.5. The molecule has 5 rings (SSSR count). The van der Waals surface area contributed by atoms with Gasteiger partial charge in [0.05, 0.1) is 12.4 Å². The van der Waals surface area contributed by atoms with Crippen LogP contribution in [0.25, 0.3) is 0 Å². The van der Waals surface area contributed by atoms with Crippen molar-refractivity contribution in [3.05, 3.63) is 24.0 Å². The Kier molecular flexibility index (Phi) is 5.07. The molecule has 3 saturated carbocycles. The van der Waals surface area contributed by atoms with Gasteiger partial charge in [0.2, 0.25) is 0 Å². The van der Waals surface area contributed by atoms with Crippen LogP contribution in [0.5, 0.6) is 0 Å². The third-order valence-electron chi connectivity index (χ3n) is 8.94. The number of hydrogen-bond donors (Lipinski definition) is 1. The minimum absolute atomic E-state index is 0.0935. The van der Waals surface area contributed by atoms with E-state index in [1.807, 2.05) is 0 Å². The number of halogens is 1. The van der Waals surface area contributed by atoms with Gasteiger partial charge in [0.25, 0.3) is 0 Å². The Morgan fingerprint density at radius 1 is 1.23 bits per heavy atom. The Balaban J connectivity index is 1.34. The molecule has 3 fully saturated rings. The van der Waals surface area contributed by atoms with Crippen LogP contribution >= 0.6 is 11.6 Å². The quantitative estimate of drug-likeness (QED) is 0.585. The Bertz CT molecular complexity index is 917. The first-order chi connectivity index (χ1) is 14.4. The predicted molar refractivity (Wildman–Crippen MR) is 114 cm³/mol. The first-order valence-corrected chi connectivity index (χ1v) is 11.7. The zero-order valence-corrected chi connectivity index (χ0v) is 18.3. The van der Waals surface area contributed by atoms with Crippen LogP contribution in [0.1, 0.15) is 58.3 Å². The van der Waals surface area contributed by atoms with Crippen molar-refractivity contribution in [3.63, 3.8) is 0 Å². The van der Waals surface area contributed by atoms with E-state index in [2.05, 4.69) is 34.5 Å². The van der Waals surface area contributed by atoms with E-state index in [1.54, 1.807) is 12.4 Å². The lowest BCUT2D eigenvalue weighted by atomic mass is 9.51. The second-order valence-electron chi connectivity index (χ2n) is 10.2. The highest BCUT2D eigenvalue weighted by Crippen LogP contribution is 2.63. The summed E-state index contributed by atoms with van der Waals surface area (Å²) in [6.45, 7) is 2.66. The fraction of sp³-hybridized carbons (Fsp3) is 0.708. The molecule has 0 unspecified atom stereocenters. The van der Waals surface area contributed by atoms with E-state index in [1.165, 1.54) is 16.8 Å². The molecule has 0 aliphatic heterocycles. The van der Waals surface area contributed by atoms with Crippen LogP contribution < -0.4 is 0 Å². The van der Waals surface area contributed by atoms with Crippen LogP contribution in [0, 0.1) is 46.3 Å². The van der Waals surface area contributed by atoms with Crippen LogP contribution in [0.4, 0.5) is 0 Å². The summed E-state index contributed by atoms with van der Waals surface area (Å²) < 4.78 is 0. The number of carbonyl (C=O) groups is 1. The van der Waals surface area contributed by atoms with Crippen LogP contribution in [-0.4, -0.2) is 31.5 Å². The molecular formula is C24H30ClN3O2. The summed E-state index contributed by atoms with van der Waals surface area (Å²) in [5, 5.41) is 21.4. The number of carbonyl (C=O) groups excluding carboxylic acids is 1. The highest BCUT2D eigenvalue weighted by atomic mass is 35.5. The van der Waals surface area contributed by atoms with E-state index in [9.17, 15) is 9.90 Å². The summed E-state index contributed by atoms with van der Waals surface area (Å²) in [7, 11) is 0. The molecule has 1 aromatic heterocycles. The molecule has 30 heavy (non-hydrogen) atoms.